The van der Waals surface area contributed by atoms with Crippen molar-refractivity contribution in [3.8, 4) is 0 Å². The first kappa shape index (κ1) is 16.1. The third-order valence-corrected chi connectivity index (χ3v) is 3.91. The number of hydrogen-bond acceptors (Lipinski definition) is 4. The topological polar surface area (TPSA) is 84.6 Å². The molecule has 112 valence electrons. The largest absolute Gasteiger partial charge is 0.272 e. The van der Waals surface area contributed by atoms with Crippen molar-refractivity contribution in [1.82, 2.24) is 5.43 Å². The quantitative estimate of drug-likeness (QED) is 0.364. The smallest absolute Gasteiger partial charge is 0.267 e. The van der Waals surface area contributed by atoms with Crippen LogP contribution in [0.15, 0.2) is 47.6 Å². The van der Waals surface area contributed by atoms with E-state index in [0.29, 0.717) is 11.1 Å². The zero-order valence-electron chi connectivity index (χ0n) is 11.6. The fourth-order valence-electron chi connectivity index (χ4n) is 1.81. The monoisotopic (exact) mass is 409 g/mol. The van der Waals surface area contributed by atoms with Crippen molar-refractivity contribution in [3.63, 3.8) is 0 Å². The Morgan fingerprint density at radius 3 is 2.68 bits per heavy atom. The number of nitrogens with one attached hydrogen (secondary N) is 1. The molecule has 0 aromatic heterocycles. The molecule has 0 bridgehead atoms. The zero-order chi connectivity index (χ0) is 16.1. The van der Waals surface area contributed by atoms with E-state index in [9.17, 15) is 14.9 Å². The second-order valence-electron chi connectivity index (χ2n) is 4.48. The minimum absolute atomic E-state index is 0.0149. The van der Waals surface area contributed by atoms with Gasteiger partial charge in [-0.05, 0) is 47.7 Å². The van der Waals surface area contributed by atoms with Gasteiger partial charge in [-0.15, -0.1) is 0 Å². The molecule has 0 atom stereocenters. The highest BCUT2D eigenvalue weighted by atomic mass is 127. The Bertz CT molecular complexity index is 759. The van der Waals surface area contributed by atoms with Gasteiger partial charge in [-0.1, -0.05) is 18.2 Å². The highest BCUT2D eigenvalue weighted by molar-refractivity contribution is 14.1. The molecule has 0 saturated heterocycles. The molecule has 1 N–H and O–H groups in total. The summed E-state index contributed by atoms with van der Waals surface area (Å²) in [6, 6.07) is 11.8. The van der Waals surface area contributed by atoms with E-state index in [2.05, 4.69) is 33.1 Å². The molecule has 6 nitrogen and oxygen atoms in total. The standard InChI is InChI=1S/C15H12IN3O3/c1-10-8-11(6-7-14(10)19(21)22)15(20)18-17-9-12-4-2-3-5-13(12)16/h2-9H,1H3,(H,18,20). The van der Waals surface area contributed by atoms with Gasteiger partial charge in [-0.3, -0.25) is 14.9 Å². The first-order valence-electron chi connectivity index (χ1n) is 6.32. The molecule has 2 aromatic carbocycles. The summed E-state index contributed by atoms with van der Waals surface area (Å²) >= 11 is 2.18. The lowest BCUT2D eigenvalue weighted by Gasteiger charge is -2.02. The highest BCUT2D eigenvalue weighted by Gasteiger charge is 2.13. The normalized spacial score (nSPS) is 10.6. The van der Waals surface area contributed by atoms with Crippen LogP contribution in [0, 0.1) is 20.6 Å². The second-order valence-corrected chi connectivity index (χ2v) is 5.64. The summed E-state index contributed by atoms with van der Waals surface area (Å²) in [4.78, 5) is 22.2. The number of hydrogen-bond donors (Lipinski definition) is 1. The molecular weight excluding hydrogens is 397 g/mol. The number of halogens is 1. The summed E-state index contributed by atoms with van der Waals surface area (Å²) < 4.78 is 1.02. The van der Waals surface area contributed by atoms with Crippen molar-refractivity contribution in [2.24, 2.45) is 5.10 Å². The molecule has 0 unspecified atom stereocenters. The molecule has 7 heteroatoms. The molecule has 0 saturated carbocycles. The van der Waals surface area contributed by atoms with Crippen molar-refractivity contribution in [2.45, 2.75) is 6.92 Å². The van der Waals surface area contributed by atoms with E-state index < -0.39 is 10.8 Å². The number of benzene rings is 2. The highest BCUT2D eigenvalue weighted by Crippen LogP contribution is 2.18. The lowest BCUT2D eigenvalue weighted by molar-refractivity contribution is -0.385. The predicted octanol–water partition coefficient (Wildman–Crippen LogP) is 3.27. The lowest BCUT2D eigenvalue weighted by atomic mass is 10.1. The van der Waals surface area contributed by atoms with Gasteiger partial charge in [0.2, 0.25) is 0 Å². The van der Waals surface area contributed by atoms with Crippen LogP contribution in [0.4, 0.5) is 5.69 Å². The Morgan fingerprint density at radius 1 is 1.32 bits per heavy atom. The molecule has 1 amide bonds. The van der Waals surface area contributed by atoms with Crippen molar-refractivity contribution in [2.75, 3.05) is 0 Å². The van der Waals surface area contributed by atoms with Gasteiger partial charge < -0.3 is 0 Å². The number of carbonyl (C=O) groups excluding carboxylic acids is 1. The summed E-state index contributed by atoms with van der Waals surface area (Å²) in [7, 11) is 0. The number of hydrazone groups is 1. The Morgan fingerprint density at radius 2 is 2.05 bits per heavy atom. The average molecular weight is 409 g/mol. The van der Waals surface area contributed by atoms with E-state index in [4.69, 9.17) is 0 Å². The first-order chi connectivity index (χ1) is 10.5. The van der Waals surface area contributed by atoms with Crippen LogP contribution in [-0.2, 0) is 0 Å². The van der Waals surface area contributed by atoms with E-state index in [1.807, 2.05) is 24.3 Å². The van der Waals surface area contributed by atoms with Gasteiger partial charge in [-0.25, -0.2) is 5.43 Å². The van der Waals surface area contributed by atoms with Crippen molar-refractivity contribution < 1.29 is 9.72 Å². The third kappa shape index (κ3) is 3.88. The number of amides is 1. The molecular formula is C15H12IN3O3. The summed E-state index contributed by atoms with van der Waals surface area (Å²) in [5.41, 5.74) is 4.04. The predicted molar refractivity (Wildman–Crippen MR) is 92.1 cm³/mol. The number of nitro groups is 1. The van der Waals surface area contributed by atoms with Crippen molar-refractivity contribution in [1.29, 1.82) is 0 Å². The van der Waals surface area contributed by atoms with Crippen LogP contribution >= 0.6 is 22.6 Å². The van der Waals surface area contributed by atoms with Crippen molar-refractivity contribution >= 4 is 40.4 Å². The SMILES string of the molecule is Cc1cc(C(=O)NN=Cc2ccccc2I)ccc1[N+](=O)[O-]. The van der Waals surface area contributed by atoms with Crippen molar-refractivity contribution in [3.05, 3.63) is 72.8 Å². The minimum Gasteiger partial charge on any atom is -0.267 e. The molecule has 0 aliphatic heterocycles. The third-order valence-electron chi connectivity index (χ3n) is 2.93. The van der Waals surface area contributed by atoms with Gasteiger partial charge in [0.25, 0.3) is 11.6 Å². The Hall–Kier alpha value is -2.29. The van der Waals surface area contributed by atoms with Gasteiger partial charge in [0.05, 0.1) is 11.1 Å². The maximum Gasteiger partial charge on any atom is 0.272 e. The molecule has 0 aliphatic rings. The maximum absolute atomic E-state index is 12.0. The zero-order valence-corrected chi connectivity index (χ0v) is 13.8. The maximum atomic E-state index is 12.0. The number of aryl methyl sites for hydroxylation is 1. The molecule has 22 heavy (non-hydrogen) atoms. The average Bonchev–Trinajstić information content (AvgIpc) is 2.48. The van der Waals surface area contributed by atoms with E-state index in [0.717, 1.165) is 9.13 Å². The van der Waals surface area contributed by atoms with Gasteiger partial charge in [-0.2, -0.15) is 5.10 Å². The molecule has 0 radical (unpaired) electrons. The fraction of sp³-hybridized carbons (Fsp3) is 0.0667. The number of carbonyl (C=O) groups is 1. The van der Waals surface area contributed by atoms with Crippen LogP contribution in [0.3, 0.4) is 0 Å². The second kappa shape index (κ2) is 7.12. The van der Waals surface area contributed by atoms with Gasteiger partial charge in [0.15, 0.2) is 0 Å². The summed E-state index contributed by atoms with van der Waals surface area (Å²) in [6.07, 6.45) is 1.55. The number of nitro benzene ring substituents is 1. The van der Waals surface area contributed by atoms with Crippen LogP contribution < -0.4 is 5.43 Å². The van der Waals surface area contributed by atoms with Gasteiger partial charge in [0.1, 0.15) is 0 Å². The van der Waals surface area contributed by atoms with Crippen LogP contribution in [0.2, 0.25) is 0 Å². The number of rotatable bonds is 4. The van der Waals surface area contributed by atoms with Crippen LogP contribution in [0.1, 0.15) is 21.5 Å². The van der Waals surface area contributed by atoms with Crippen LogP contribution in [0.25, 0.3) is 0 Å². The van der Waals surface area contributed by atoms with E-state index in [1.54, 1.807) is 13.1 Å². The molecule has 2 rings (SSSR count). The Labute approximate surface area is 140 Å². The molecule has 0 aliphatic carbocycles. The molecule has 0 heterocycles. The summed E-state index contributed by atoms with van der Waals surface area (Å²) in [5, 5.41) is 14.6. The fourth-order valence-corrected chi connectivity index (χ4v) is 2.33. The van der Waals surface area contributed by atoms with Gasteiger partial charge in [0, 0.05) is 26.3 Å². The number of nitrogens with zero attached hydrogens (tertiary/aromatic N) is 2. The van der Waals surface area contributed by atoms with Crippen LogP contribution in [-0.4, -0.2) is 17.0 Å². The van der Waals surface area contributed by atoms with E-state index >= 15 is 0 Å². The Balaban J connectivity index is 2.08. The Kier molecular flexibility index (Phi) is 5.21. The summed E-state index contributed by atoms with van der Waals surface area (Å²) in [6.45, 7) is 1.59. The lowest BCUT2D eigenvalue weighted by Crippen LogP contribution is -2.17. The summed E-state index contributed by atoms with van der Waals surface area (Å²) in [5.74, 6) is -0.416. The molecule has 0 fully saturated rings. The molecule has 0 spiro atoms. The molecule has 2 aromatic rings. The van der Waals surface area contributed by atoms with E-state index in [1.165, 1.54) is 18.2 Å². The first-order valence-corrected chi connectivity index (χ1v) is 7.40. The minimum atomic E-state index is -0.480. The van der Waals surface area contributed by atoms with Gasteiger partial charge >= 0.3 is 0 Å². The van der Waals surface area contributed by atoms with Crippen LogP contribution in [0.5, 0.6) is 0 Å². The van der Waals surface area contributed by atoms with E-state index in [-0.39, 0.29) is 5.69 Å².